The highest BCUT2D eigenvalue weighted by molar-refractivity contribution is 5.22. The molecule has 0 atom stereocenters. The van der Waals surface area contributed by atoms with E-state index in [1.807, 2.05) is 0 Å². The number of aryl methyl sites for hydroxylation is 1. The van der Waals surface area contributed by atoms with E-state index >= 15 is 0 Å². The van der Waals surface area contributed by atoms with Crippen molar-refractivity contribution in [3.05, 3.63) is 35.4 Å². The Labute approximate surface area is 118 Å². The molecule has 1 aromatic carbocycles. The third-order valence-corrected chi connectivity index (χ3v) is 3.87. The van der Waals surface area contributed by atoms with Gasteiger partial charge >= 0.3 is 0 Å². The van der Waals surface area contributed by atoms with Gasteiger partial charge in [-0.25, -0.2) is 0 Å². The normalized spacial score (nSPS) is 22.4. The maximum absolute atomic E-state index is 3.74. The number of nitrogens with one attached hydrogen (secondary N) is 2. The number of piperidine rings is 1. The van der Waals surface area contributed by atoms with Gasteiger partial charge < -0.3 is 10.6 Å². The van der Waals surface area contributed by atoms with Crippen molar-refractivity contribution in [3.8, 4) is 0 Å². The zero-order valence-electron chi connectivity index (χ0n) is 13.0. The predicted octanol–water partition coefficient (Wildman–Crippen LogP) is 3.39. The summed E-state index contributed by atoms with van der Waals surface area (Å²) in [7, 11) is 0. The summed E-state index contributed by atoms with van der Waals surface area (Å²) in [6, 6.07) is 9.36. The van der Waals surface area contributed by atoms with Crippen LogP contribution in [0.4, 0.5) is 0 Å². The van der Waals surface area contributed by atoms with Crippen LogP contribution in [0.2, 0.25) is 0 Å². The lowest BCUT2D eigenvalue weighted by Gasteiger charge is -2.46. The molecular formula is C17H28N2. The van der Waals surface area contributed by atoms with E-state index in [4.69, 9.17) is 0 Å². The fourth-order valence-corrected chi connectivity index (χ4v) is 3.55. The van der Waals surface area contributed by atoms with Gasteiger partial charge in [0.2, 0.25) is 0 Å². The molecule has 2 heteroatoms. The van der Waals surface area contributed by atoms with Crippen LogP contribution >= 0.6 is 0 Å². The topological polar surface area (TPSA) is 24.1 Å². The van der Waals surface area contributed by atoms with Gasteiger partial charge in [-0.1, -0.05) is 29.8 Å². The van der Waals surface area contributed by atoms with Gasteiger partial charge in [-0.2, -0.15) is 0 Å². The molecule has 0 aliphatic carbocycles. The summed E-state index contributed by atoms with van der Waals surface area (Å²) >= 11 is 0. The van der Waals surface area contributed by atoms with Gasteiger partial charge in [0, 0.05) is 23.7 Å². The molecule has 1 fully saturated rings. The molecule has 0 radical (unpaired) electrons. The fraction of sp³-hybridized carbons (Fsp3) is 0.647. The van der Waals surface area contributed by atoms with Crippen molar-refractivity contribution in [2.45, 2.75) is 71.1 Å². The number of rotatable bonds is 3. The zero-order valence-corrected chi connectivity index (χ0v) is 13.0. The first-order chi connectivity index (χ1) is 8.76. The highest BCUT2D eigenvalue weighted by atomic mass is 15.1. The Morgan fingerprint density at radius 1 is 1.16 bits per heavy atom. The zero-order chi connectivity index (χ0) is 14.1. The molecule has 106 valence electrons. The highest BCUT2D eigenvalue weighted by Gasteiger charge is 2.37. The molecule has 0 bridgehead atoms. The van der Waals surface area contributed by atoms with E-state index in [1.54, 1.807) is 0 Å². The maximum atomic E-state index is 3.74. The first kappa shape index (κ1) is 14.5. The van der Waals surface area contributed by atoms with Crippen LogP contribution < -0.4 is 10.6 Å². The summed E-state index contributed by atoms with van der Waals surface area (Å²) in [5, 5.41) is 7.47. The monoisotopic (exact) mass is 260 g/mol. The number of hydrogen-bond acceptors (Lipinski definition) is 2. The Hall–Kier alpha value is -0.860. The minimum Gasteiger partial charge on any atom is -0.310 e. The Kier molecular flexibility index (Phi) is 4.03. The molecule has 2 nitrogen and oxygen atoms in total. The van der Waals surface area contributed by atoms with E-state index in [-0.39, 0.29) is 11.1 Å². The van der Waals surface area contributed by atoms with Crippen molar-refractivity contribution in [1.29, 1.82) is 0 Å². The Bertz CT molecular complexity index is 419. The van der Waals surface area contributed by atoms with Gasteiger partial charge in [-0.05, 0) is 53.0 Å². The standard InChI is InChI=1S/C17H28N2/c1-13-7-6-8-14(9-13)12-18-15-10-16(2,3)19-17(4,5)11-15/h6-9,15,18-19H,10-12H2,1-5H3. The summed E-state index contributed by atoms with van der Waals surface area (Å²) in [4.78, 5) is 0. The summed E-state index contributed by atoms with van der Waals surface area (Å²) < 4.78 is 0. The van der Waals surface area contributed by atoms with Crippen molar-refractivity contribution >= 4 is 0 Å². The average Bonchev–Trinajstić information content (AvgIpc) is 2.22. The van der Waals surface area contributed by atoms with Crippen LogP contribution in [0.1, 0.15) is 51.7 Å². The van der Waals surface area contributed by atoms with Crippen molar-refractivity contribution in [3.63, 3.8) is 0 Å². The lowest BCUT2D eigenvalue weighted by molar-refractivity contribution is 0.145. The molecule has 0 unspecified atom stereocenters. The van der Waals surface area contributed by atoms with Crippen LogP contribution in [0.15, 0.2) is 24.3 Å². The summed E-state index contributed by atoms with van der Waals surface area (Å²) in [5.74, 6) is 0. The number of benzene rings is 1. The van der Waals surface area contributed by atoms with Gasteiger partial charge in [-0.15, -0.1) is 0 Å². The van der Waals surface area contributed by atoms with E-state index in [9.17, 15) is 0 Å². The van der Waals surface area contributed by atoms with Crippen LogP contribution in [-0.4, -0.2) is 17.1 Å². The Balaban J connectivity index is 1.96. The first-order valence-corrected chi connectivity index (χ1v) is 7.34. The molecule has 2 rings (SSSR count). The van der Waals surface area contributed by atoms with Crippen LogP contribution in [0.25, 0.3) is 0 Å². The molecule has 0 aromatic heterocycles. The van der Waals surface area contributed by atoms with Crippen LogP contribution in [0, 0.1) is 6.92 Å². The van der Waals surface area contributed by atoms with Crippen molar-refractivity contribution < 1.29 is 0 Å². The minimum atomic E-state index is 0.214. The van der Waals surface area contributed by atoms with E-state index in [0.29, 0.717) is 6.04 Å². The summed E-state index contributed by atoms with van der Waals surface area (Å²) in [6.45, 7) is 12.3. The molecular weight excluding hydrogens is 232 g/mol. The fourth-order valence-electron chi connectivity index (χ4n) is 3.55. The summed E-state index contributed by atoms with van der Waals surface area (Å²) in [6.07, 6.45) is 2.37. The Morgan fingerprint density at radius 3 is 2.37 bits per heavy atom. The van der Waals surface area contributed by atoms with E-state index in [1.165, 1.54) is 24.0 Å². The van der Waals surface area contributed by atoms with Gasteiger partial charge in [-0.3, -0.25) is 0 Å². The van der Waals surface area contributed by atoms with Crippen molar-refractivity contribution in [1.82, 2.24) is 10.6 Å². The first-order valence-electron chi connectivity index (χ1n) is 7.34. The van der Waals surface area contributed by atoms with E-state index in [0.717, 1.165) is 6.54 Å². The second kappa shape index (κ2) is 5.26. The second-order valence-corrected chi connectivity index (χ2v) is 7.37. The highest BCUT2D eigenvalue weighted by Crippen LogP contribution is 2.28. The average molecular weight is 260 g/mol. The largest absolute Gasteiger partial charge is 0.310 e. The lowest BCUT2D eigenvalue weighted by Crippen LogP contribution is -2.61. The molecule has 1 aliphatic heterocycles. The molecule has 0 saturated carbocycles. The molecule has 1 saturated heterocycles. The molecule has 19 heavy (non-hydrogen) atoms. The maximum Gasteiger partial charge on any atom is 0.0208 e. The third kappa shape index (κ3) is 4.32. The molecule has 2 N–H and O–H groups in total. The minimum absolute atomic E-state index is 0.214. The van der Waals surface area contributed by atoms with E-state index < -0.39 is 0 Å². The van der Waals surface area contributed by atoms with Crippen molar-refractivity contribution in [2.75, 3.05) is 0 Å². The third-order valence-electron chi connectivity index (χ3n) is 3.87. The predicted molar refractivity (Wildman–Crippen MR) is 82.3 cm³/mol. The summed E-state index contributed by atoms with van der Waals surface area (Å²) in [5.41, 5.74) is 3.15. The lowest BCUT2D eigenvalue weighted by atomic mass is 9.79. The molecule has 1 heterocycles. The van der Waals surface area contributed by atoms with Crippen LogP contribution in [0.3, 0.4) is 0 Å². The Morgan fingerprint density at radius 2 is 1.79 bits per heavy atom. The quantitative estimate of drug-likeness (QED) is 0.870. The van der Waals surface area contributed by atoms with Crippen molar-refractivity contribution in [2.24, 2.45) is 0 Å². The van der Waals surface area contributed by atoms with Gasteiger partial charge in [0.15, 0.2) is 0 Å². The second-order valence-electron chi connectivity index (χ2n) is 7.37. The smallest absolute Gasteiger partial charge is 0.0208 e. The molecule has 0 amide bonds. The molecule has 1 aromatic rings. The molecule has 0 spiro atoms. The van der Waals surface area contributed by atoms with Gasteiger partial charge in [0.05, 0.1) is 0 Å². The number of hydrogen-bond donors (Lipinski definition) is 2. The van der Waals surface area contributed by atoms with Gasteiger partial charge in [0.1, 0.15) is 0 Å². The SMILES string of the molecule is Cc1cccc(CNC2CC(C)(C)NC(C)(C)C2)c1. The van der Waals surface area contributed by atoms with Gasteiger partial charge in [0.25, 0.3) is 0 Å². The van der Waals surface area contributed by atoms with E-state index in [2.05, 4.69) is 69.5 Å². The van der Waals surface area contributed by atoms with Crippen LogP contribution in [0.5, 0.6) is 0 Å². The molecule has 1 aliphatic rings. The van der Waals surface area contributed by atoms with Crippen LogP contribution in [-0.2, 0) is 6.54 Å².